The van der Waals surface area contributed by atoms with Gasteiger partial charge in [0.05, 0.1) is 0 Å². The molecule has 1 aliphatic heterocycles. The third kappa shape index (κ3) is 3.00. The summed E-state index contributed by atoms with van der Waals surface area (Å²) in [5.74, 6) is -0.902. The first-order valence-electron chi connectivity index (χ1n) is 7.28. The van der Waals surface area contributed by atoms with Gasteiger partial charge in [0.25, 0.3) is 11.5 Å². The minimum absolute atomic E-state index is 0.161. The van der Waals surface area contributed by atoms with Gasteiger partial charge >= 0.3 is 5.69 Å². The lowest BCUT2D eigenvalue weighted by Crippen LogP contribution is -2.45. The second kappa shape index (κ2) is 6.40. The number of hydrogen-bond acceptors (Lipinski definition) is 6. The molecule has 0 radical (unpaired) electrons. The average molecular weight is 349 g/mol. The van der Waals surface area contributed by atoms with Crippen molar-refractivity contribution >= 4 is 28.3 Å². The van der Waals surface area contributed by atoms with E-state index in [0.29, 0.717) is 24.5 Å². The molecule has 0 spiro atoms. The number of aryl methyl sites for hydroxylation is 1. The molecule has 9 nitrogen and oxygen atoms in total. The summed E-state index contributed by atoms with van der Waals surface area (Å²) in [7, 11) is 1.44. The number of amides is 2. The quantitative estimate of drug-likeness (QED) is 0.794. The smallest absolute Gasteiger partial charge is 0.326 e. The predicted molar refractivity (Wildman–Crippen MR) is 87.1 cm³/mol. The predicted octanol–water partition coefficient (Wildman–Crippen LogP) is -0.227. The molecule has 0 bridgehead atoms. The largest absolute Gasteiger partial charge is 0.328 e. The summed E-state index contributed by atoms with van der Waals surface area (Å²) in [4.78, 5) is 55.8. The molecule has 0 aliphatic carbocycles. The van der Waals surface area contributed by atoms with Crippen molar-refractivity contribution in [2.75, 3.05) is 11.9 Å². The number of aromatic amines is 1. The average Bonchev–Trinajstić information content (AvgIpc) is 3.21. The van der Waals surface area contributed by atoms with Gasteiger partial charge in [-0.2, -0.15) is 0 Å². The minimum atomic E-state index is -0.755. The van der Waals surface area contributed by atoms with Crippen molar-refractivity contribution in [2.45, 2.75) is 18.9 Å². The third-order valence-electron chi connectivity index (χ3n) is 3.82. The van der Waals surface area contributed by atoms with E-state index < -0.39 is 23.2 Å². The summed E-state index contributed by atoms with van der Waals surface area (Å²) < 4.78 is 1.12. The SMILES string of the molecule is Cn1cc(C(=O)N2CCCC2C(=O)Nc2nccs2)c(=O)[nH]c1=O. The molecule has 1 unspecified atom stereocenters. The fourth-order valence-corrected chi connectivity index (χ4v) is 3.16. The van der Waals surface area contributed by atoms with Crippen LogP contribution in [0.3, 0.4) is 0 Å². The summed E-state index contributed by atoms with van der Waals surface area (Å²) in [5, 5.41) is 4.86. The van der Waals surface area contributed by atoms with E-state index in [1.54, 1.807) is 11.6 Å². The molecule has 1 fully saturated rings. The van der Waals surface area contributed by atoms with Crippen LogP contribution in [0.4, 0.5) is 5.13 Å². The number of thiazole rings is 1. The zero-order chi connectivity index (χ0) is 17.3. The number of nitrogens with one attached hydrogen (secondary N) is 2. The van der Waals surface area contributed by atoms with Crippen molar-refractivity contribution in [1.82, 2.24) is 19.4 Å². The van der Waals surface area contributed by atoms with Gasteiger partial charge in [0.15, 0.2) is 5.13 Å². The first-order chi connectivity index (χ1) is 11.5. The fourth-order valence-electron chi connectivity index (χ4n) is 2.63. The van der Waals surface area contributed by atoms with Crippen LogP contribution >= 0.6 is 11.3 Å². The van der Waals surface area contributed by atoms with Gasteiger partial charge in [0.2, 0.25) is 5.91 Å². The number of anilines is 1. The maximum absolute atomic E-state index is 12.6. The zero-order valence-corrected chi connectivity index (χ0v) is 13.6. The van der Waals surface area contributed by atoms with Crippen molar-refractivity contribution in [1.29, 1.82) is 0 Å². The van der Waals surface area contributed by atoms with Crippen molar-refractivity contribution in [3.8, 4) is 0 Å². The highest BCUT2D eigenvalue weighted by atomic mass is 32.1. The van der Waals surface area contributed by atoms with Gasteiger partial charge in [-0.15, -0.1) is 11.3 Å². The van der Waals surface area contributed by atoms with Crippen LogP contribution in [0.1, 0.15) is 23.2 Å². The van der Waals surface area contributed by atoms with E-state index in [1.807, 2.05) is 0 Å². The molecule has 2 aromatic rings. The van der Waals surface area contributed by atoms with Crippen LogP contribution in [0.5, 0.6) is 0 Å². The Morgan fingerprint density at radius 2 is 2.21 bits per heavy atom. The Morgan fingerprint density at radius 3 is 2.92 bits per heavy atom. The van der Waals surface area contributed by atoms with E-state index in [0.717, 1.165) is 4.57 Å². The number of carbonyl (C=O) groups is 2. The Kier molecular flexibility index (Phi) is 4.30. The number of likely N-dealkylation sites (tertiary alicyclic amines) is 1. The van der Waals surface area contributed by atoms with Crippen LogP contribution in [0.25, 0.3) is 0 Å². The third-order valence-corrected chi connectivity index (χ3v) is 4.51. The normalized spacial score (nSPS) is 17.0. The summed E-state index contributed by atoms with van der Waals surface area (Å²) in [6.45, 7) is 0.372. The molecule has 2 aromatic heterocycles. The summed E-state index contributed by atoms with van der Waals surface area (Å²) in [6.07, 6.45) is 3.93. The number of hydrogen-bond donors (Lipinski definition) is 2. The van der Waals surface area contributed by atoms with E-state index in [-0.39, 0.29) is 11.5 Å². The number of rotatable bonds is 3. The Morgan fingerprint density at radius 1 is 1.42 bits per heavy atom. The maximum Gasteiger partial charge on any atom is 0.328 e. The Hall–Kier alpha value is -2.75. The van der Waals surface area contributed by atoms with Crippen molar-refractivity contribution < 1.29 is 9.59 Å². The van der Waals surface area contributed by atoms with Crippen LogP contribution in [0, 0.1) is 0 Å². The van der Waals surface area contributed by atoms with Crippen LogP contribution in [0.15, 0.2) is 27.4 Å². The van der Waals surface area contributed by atoms with Crippen molar-refractivity contribution in [3.63, 3.8) is 0 Å². The van der Waals surface area contributed by atoms with Crippen LogP contribution in [0.2, 0.25) is 0 Å². The first-order valence-corrected chi connectivity index (χ1v) is 8.16. The number of nitrogens with zero attached hydrogens (tertiary/aromatic N) is 3. The van der Waals surface area contributed by atoms with Gasteiger partial charge < -0.3 is 14.8 Å². The van der Waals surface area contributed by atoms with E-state index in [9.17, 15) is 19.2 Å². The zero-order valence-electron chi connectivity index (χ0n) is 12.8. The Labute approximate surface area is 140 Å². The highest BCUT2D eigenvalue weighted by molar-refractivity contribution is 7.13. The van der Waals surface area contributed by atoms with Gasteiger partial charge in [-0.25, -0.2) is 9.78 Å². The lowest BCUT2D eigenvalue weighted by Gasteiger charge is -2.23. The van der Waals surface area contributed by atoms with Gasteiger partial charge in [-0.05, 0) is 12.8 Å². The van der Waals surface area contributed by atoms with Crippen molar-refractivity contribution in [2.24, 2.45) is 7.05 Å². The van der Waals surface area contributed by atoms with E-state index >= 15 is 0 Å². The molecule has 1 aliphatic rings. The molecule has 1 atom stereocenters. The molecule has 0 saturated carbocycles. The fraction of sp³-hybridized carbons (Fsp3) is 0.357. The van der Waals surface area contributed by atoms with Gasteiger partial charge in [0, 0.05) is 31.4 Å². The van der Waals surface area contributed by atoms with Crippen LogP contribution in [-0.4, -0.2) is 43.8 Å². The summed E-state index contributed by atoms with van der Waals surface area (Å²) >= 11 is 1.28. The Balaban J connectivity index is 1.84. The first kappa shape index (κ1) is 16.1. The molecule has 126 valence electrons. The number of H-pyrrole nitrogens is 1. The van der Waals surface area contributed by atoms with Gasteiger partial charge in [0.1, 0.15) is 11.6 Å². The maximum atomic E-state index is 12.6. The topological polar surface area (TPSA) is 117 Å². The van der Waals surface area contributed by atoms with E-state index in [2.05, 4.69) is 15.3 Å². The highest BCUT2D eigenvalue weighted by Crippen LogP contribution is 2.21. The molecule has 1 saturated heterocycles. The molecule has 24 heavy (non-hydrogen) atoms. The van der Waals surface area contributed by atoms with Crippen LogP contribution < -0.4 is 16.6 Å². The molecular weight excluding hydrogens is 334 g/mol. The second-order valence-electron chi connectivity index (χ2n) is 5.40. The molecule has 10 heteroatoms. The molecule has 3 heterocycles. The van der Waals surface area contributed by atoms with Gasteiger partial charge in [-0.3, -0.25) is 19.4 Å². The standard InChI is InChI=1S/C14H15N5O4S/c1-18-7-8(10(20)17-14(18)23)12(22)19-5-2-3-9(19)11(21)16-13-15-4-6-24-13/h4,6-7,9H,2-3,5H2,1H3,(H,15,16,21)(H,17,20,23). The monoisotopic (exact) mass is 349 g/mol. The van der Waals surface area contributed by atoms with E-state index in [1.165, 1.54) is 29.5 Å². The lowest BCUT2D eigenvalue weighted by molar-refractivity contribution is -0.119. The van der Waals surface area contributed by atoms with Crippen molar-refractivity contribution in [3.05, 3.63) is 44.2 Å². The molecular formula is C14H15N5O4S. The molecule has 2 amide bonds. The number of aromatic nitrogens is 3. The lowest BCUT2D eigenvalue weighted by atomic mass is 10.2. The summed E-state index contributed by atoms with van der Waals surface area (Å²) in [5.41, 5.74) is -1.52. The van der Waals surface area contributed by atoms with E-state index in [4.69, 9.17) is 0 Å². The summed E-state index contributed by atoms with van der Waals surface area (Å²) in [6, 6.07) is -0.668. The molecule has 0 aromatic carbocycles. The highest BCUT2D eigenvalue weighted by Gasteiger charge is 2.35. The molecule has 2 N–H and O–H groups in total. The number of carbonyl (C=O) groups excluding carboxylic acids is 2. The van der Waals surface area contributed by atoms with Crippen LogP contribution in [-0.2, 0) is 11.8 Å². The Bertz CT molecular complexity index is 885. The molecule has 3 rings (SSSR count). The minimum Gasteiger partial charge on any atom is -0.326 e. The second-order valence-corrected chi connectivity index (χ2v) is 6.29. The van der Waals surface area contributed by atoms with Gasteiger partial charge in [-0.1, -0.05) is 0 Å².